The van der Waals surface area contributed by atoms with Crippen LogP contribution in [0.5, 0.6) is 0 Å². The predicted molar refractivity (Wildman–Crippen MR) is 136 cm³/mol. The van der Waals surface area contributed by atoms with Crippen molar-refractivity contribution in [2.45, 2.75) is 17.1 Å². The summed E-state index contributed by atoms with van der Waals surface area (Å²) in [6.07, 6.45) is 3.74. The average Bonchev–Trinajstić information content (AvgIpc) is 3.44. The highest BCUT2D eigenvalue weighted by Crippen LogP contribution is 2.34. The molecule has 4 aromatic heterocycles. The van der Waals surface area contributed by atoms with Crippen LogP contribution in [-0.4, -0.2) is 34.6 Å². The molecule has 5 aromatic rings. The fraction of sp³-hybridized carbons (Fsp3) is 0.167. The molecule has 0 aliphatic rings. The quantitative estimate of drug-likeness (QED) is 0.195. The molecule has 1 atom stereocenters. The highest BCUT2D eigenvalue weighted by Gasteiger charge is 2.20. The maximum Gasteiger partial charge on any atom is 0.154 e. The number of halogens is 1. The van der Waals surface area contributed by atoms with Gasteiger partial charge in [0.25, 0.3) is 0 Å². The van der Waals surface area contributed by atoms with E-state index in [4.69, 9.17) is 10.7 Å². The molecule has 0 saturated heterocycles. The summed E-state index contributed by atoms with van der Waals surface area (Å²) in [4.78, 5) is 9.38. The Bertz CT molecular complexity index is 1470. The molecular weight excluding hydrogens is 529 g/mol. The van der Waals surface area contributed by atoms with Crippen molar-refractivity contribution in [2.75, 3.05) is 0 Å². The van der Waals surface area contributed by atoms with Crippen LogP contribution in [0.3, 0.4) is 0 Å². The van der Waals surface area contributed by atoms with E-state index in [1.165, 1.54) is 0 Å². The van der Waals surface area contributed by atoms with E-state index in [2.05, 4.69) is 49.9 Å². The van der Waals surface area contributed by atoms with Crippen LogP contribution in [0, 0.1) is 0 Å². The predicted octanol–water partition coefficient (Wildman–Crippen LogP) is 3.94. The summed E-state index contributed by atoms with van der Waals surface area (Å²) in [6, 6.07) is 17.5. The SMILES string of the molecule is Cn1ccc(-c2cc(-c3cccc([C@](C)(N)I)n3)cc3c2cnn3-c2cccc(CO)n2)n1. The number of fused-ring (bicyclic) bond motifs is 1. The second kappa shape index (κ2) is 8.32. The number of rotatable bonds is 5. The third-order valence-corrected chi connectivity index (χ3v) is 5.95. The van der Waals surface area contributed by atoms with Crippen molar-refractivity contribution in [2.24, 2.45) is 12.8 Å². The standard InChI is InChI=1S/C24H22IN7O/c1-24(25,26)22-7-4-6-19(29-22)15-11-17(20-9-10-31(2)30-20)18-13-27-32(21(18)12-15)23-8-3-5-16(14-33)28-23/h3-13,33H,14,26H2,1-2H3/t24-/m0/s1. The molecule has 5 rings (SSSR count). The molecule has 0 fully saturated rings. The fourth-order valence-electron chi connectivity index (χ4n) is 3.77. The van der Waals surface area contributed by atoms with Gasteiger partial charge in [-0.15, -0.1) is 0 Å². The zero-order chi connectivity index (χ0) is 23.2. The molecule has 8 nitrogen and oxygen atoms in total. The Hall–Kier alpha value is -3.15. The average molecular weight is 551 g/mol. The monoisotopic (exact) mass is 551 g/mol. The van der Waals surface area contributed by atoms with Crippen molar-refractivity contribution < 1.29 is 5.11 Å². The second-order valence-electron chi connectivity index (χ2n) is 8.02. The van der Waals surface area contributed by atoms with E-state index in [-0.39, 0.29) is 6.61 Å². The lowest BCUT2D eigenvalue weighted by molar-refractivity contribution is 0.276. The molecule has 0 saturated carbocycles. The fourth-order valence-corrected chi connectivity index (χ4v) is 4.07. The van der Waals surface area contributed by atoms with Gasteiger partial charge in [0.05, 0.1) is 41.1 Å². The van der Waals surface area contributed by atoms with Crippen molar-refractivity contribution in [1.82, 2.24) is 29.5 Å². The molecule has 166 valence electrons. The maximum absolute atomic E-state index is 9.53. The zero-order valence-electron chi connectivity index (χ0n) is 18.1. The molecule has 0 amide bonds. The van der Waals surface area contributed by atoms with Gasteiger partial charge in [-0.2, -0.15) is 10.2 Å². The van der Waals surface area contributed by atoms with Gasteiger partial charge in [0, 0.05) is 29.8 Å². The zero-order valence-corrected chi connectivity index (χ0v) is 20.3. The molecule has 0 unspecified atom stereocenters. The van der Waals surface area contributed by atoms with Gasteiger partial charge < -0.3 is 10.8 Å². The minimum absolute atomic E-state index is 0.137. The van der Waals surface area contributed by atoms with Crippen molar-refractivity contribution in [3.8, 4) is 28.3 Å². The highest BCUT2D eigenvalue weighted by molar-refractivity contribution is 14.1. The lowest BCUT2D eigenvalue weighted by atomic mass is 10.0. The van der Waals surface area contributed by atoms with E-state index in [1.807, 2.05) is 62.8 Å². The van der Waals surface area contributed by atoms with Crippen LogP contribution < -0.4 is 5.73 Å². The third kappa shape index (κ3) is 4.14. The Labute approximate surface area is 204 Å². The summed E-state index contributed by atoms with van der Waals surface area (Å²) >= 11 is 2.19. The maximum atomic E-state index is 9.53. The summed E-state index contributed by atoms with van der Waals surface area (Å²) in [5, 5.41) is 19.7. The number of alkyl halides is 1. The number of benzene rings is 1. The minimum atomic E-state index is -0.585. The van der Waals surface area contributed by atoms with Gasteiger partial charge in [-0.3, -0.25) is 9.67 Å². The largest absolute Gasteiger partial charge is 0.390 e. The highest BCUT2D eigenvalue weighted by atomic mass is 127. The van der Waals surface area contributed by atoms with E-state index in [0.29, 0.717) is 11.5 Å². The third-order valence-electron chi connectivity index (χ3n) is 5.40. The van der Waals surface area contributed by atoms with Gasteiger partial charge in [0.1, 0.15) is 3.55 Å². The number of aliphatic hydroxyl groups excluding tert-OH is 1. The van der Waals surface area contributed by atoms with Gasteiger partial charge in [0.15, 0.2) is 5.82 Å². The normalized spacial score (nSPS) is 13.4. The topological polar surface area (TPSA) is 108 Å². The van der Waals surface area contributed by atoms with Crippen LogP contribution in [0.4, 0.5) is 0 Å². The molecule has 33 heavy (non-hydrogen) atoms. The Morgan fingerprint density at radius 3 is 2.61 bits per heavy atom. The van der Waals surface area contributed by atoms with Gasteiger partial charge in [-0.05, 0) is 49.4 Å². The molecule has 9 heteroatoms. The molecule has 3 N–H and O–H groups in total. The van der Waals surface area contributed by atoms with Crippen molar-refractivity contribution in [1.29, 1.82) is 0 Å². The number of nitrogens with zero attached hydrogens (tertiary/aromatic N) is 6. The number of nitrogens with two attached hydrogens (primary N) is 1. The molecule has 0 spiro atoms. The van der Waals surface area contributed by atoms with Crippen LogP contribution in [0.1, 0.15) is 18.3 Å². The van der Waals surface area contributed by atoms with Crippen LogP contribution in [0.2, 0.25) is 0 Å². The number of aromatic nitrogens is 6. The Morgan fingerprint density at radius 2 is 1.88 bits per heavy atom. The van der Waals surface area contributed by atoms with Crippen LogP contribution in [0.15, 0.2) is 67.0 Å². The van der Waals surface area contributed by atoms with Gasteiger partial charge in [-0.25, -0.2) is 9.67 Å². The summed E-state index contributed by atoms with van der Waals surface area (Å²) in [5.74, 6) is 0.629. The second-order valence-corrected chi connectivity index (χ2v) is 10.3. The molecule has 4 heterocycles. The summed E-state index contributed by atoms with van der Waals surface area (Å²) in [7, 11) is 1.89. The lowest BCUT2D eigenvalue weighted by Gasteiger charge is -2.17. The minimum Gasteiger partial charge on any atom is -0.390 e. The molecule has 0 aliphatic heterocycles. The number of hydrogen-bond acceptors (Lipinski definition) is 6. The molecule has 0 radical (unpaired) electrons. The van der Waals surface area contributed by atoms with Crippen molar-refractivity contribution in [3.63, 3.8) is 0 Å². The van der Waals surface area contributed by atoms with Gasteiger partial charge in [0.2, 0.25) is 0 Å². The van der Waals surface area contributed by atoms with Gasteiger partial charge in [-0.1, -0.05) is 34.7 Å². The van der Waals surface area contributed by atoms with Crippen molar-refractivity contribution in [3.05, 3.63) is 78.4 Å². The van der Waals surface area contributed by atoms with E-state index < -0.39 is 3.55 Å². The van der Waals surface area contributed by atoms with Gasteiger partial charge >= 0.3 is 0 Å². The summed E-state index contributed by atoms with van der Waals surface area (Å²) in [6.45, 7) is 1.79. The number of hydrogen-bond donors (Lipinski definition) is 2. The van der Waals surface area contributed by atoms with Crippen LogP contribution in [-0.2, 0) is 17.2 Å². The molecule has 0 bridgehead atoms. The molecular formula is C24H22IN7O. The first kappa shape index (κ1) is 21.7. The Balaban J connectivity index is 1.77. The number of pyridine rings is 2. The van der Waals surface area contributed by atoms with E-state index in [0.717, 1.165) is 39.1 Å². The summed E-state index contributed by atoms with van der Waals surface area (Å²) in [5.41, 5.74) is 12.1. The smallest absolute Gasteiger partial charge is 0.154 e. The number of aryl methyl sites for hydroxylation is 1. The molecule has 0 aliphatic carbocycles. The van der Waals surface area contributed by atoms with E-state index in [9.17, 15) is 5.11 Å². The number of aliphatic hydroxyl groups is 1. The molecule has 1 aromatic carbocycles. The summed E-state index contributed by atoms with van der Waals surface area (Å²) < 4.78 is 2.97. The van der Waals surface area contributed by atoms with E-state index >= 15 is 0 Å². The Kier molecular flexibility index (Phi) is 5.47. The van der Waals surface area contributed by atoms with Crippen LogP contribution >= 0.6 is 22.6 Å². The first-order chi connectivity index (χ1) is 15.8. The van der Waals surface area contributed by atoms with Crippen LogP contribution in [0.25, 0.3) is 39.2 Å². The first-order valence-corrected chi connectivity index (χ1v) is 11.5. The van der Waals surface area contributed by atoms with Crippen molar-refractivity contribution >= 4 is 33.5 Å². The first-order valence-electron chi connectivity index (χ1n) is 10.4. The van der Waals surface area contributed by atoms with E-state index in [1.54, 1.807) is 15.4 Å². The Morgan fingerprint density at radius 1 is 1.06 bits per heavy atom. The lowest BCUT2D eigenvalue weighted by Crippen LogP contribution is -2.26.